The summed E-state index contributed by atoms with van der Waals surface area (Å²) in [6, 6.07) is 14.0. The van der Waals surface area contributed by atoms with Crippen molar-refractivity contribution in [3.05, 3.63) is 78.3 Å². The van der Waals surface area contributed by atoms with Crippen LogP contribution in [0.1, 0.15) is 11.3 Å². The molecule has 160 valence electrons. The molecule has 3 aromatic heterocycles. The van der Waals surface area contributed by atoms with Gasteiger partial charge in [0, 0.05) is 12.7 Å². The van der Waals surface area contributed by atoms with Crippen molar-refractivity contribution in [3.8, 4) is 28.7 Å². The number of nitrogens with zero attached hydrogens (tertiary/aromatic N) is 8. The van der Waals surface area contributed by atoms with E-state index < -0.39 is 5.82 Å². The molecular weight excluding hydrogens is 415 g/mol. The van der Waals surface area contributed by atoms with Crippen LogP contribution >= 0.6 is 0 Å². The lowest BCUT2D eigenvalue weighted by molar-refractivity contribution is 0.179. The Balaban J connectivity index is 1.48. The summed E-state index contributed by atoms with van der Waals surface area (Å²) in [5.74, 6) is 0.122. The van der Waals surface area contributed by atoms with Gasteiger partial charge in [-0.1, -0.05) is 40.7 Å². The van der Waals surface area contributed by atoms with Gasteiger partial charge in [-0.05, 0) is 23.8 Å². The first-order valence-corrected chi connectivity index (χ1v) is 9.67. The molecule has 0 unspecified atom stereocenters. The van der Waals surface area contributed by atoms with Crippen LogP contribution in [0.4, 0.5) is 4.39 Å². The Labute approximate surface area is 181 Å². The van der Waals surface area contributed by atoms with Crippen LogP contribution in [-0.2, 0) is 17.9 Å². The zero-order chi connectivity index (χ0) is 21.9. The summed E-state index contributed by atoms with van der Waals surface area (Å²) in [5, 5.41) is 16.4. The summed E-state index contributed by atoms with van der Waals surface area (Å²) in [6.45, 7) is 0.690. The van der Waals surface area contributed by atoms with Gasteiger partial charge in [-0.3, -0.25) is 0 Å². The highest BCUT2D eigenvalue weighted by atomic mass is 19.1. The zero-order valence-electron chi connectivity index (χ0n) is 17.0. The highest BCUT2D eigenvalue weighted by Crippen LogP contribution is 2.26. The monoisotopic (exact) mass is 432 g/mol. The van der Waals surface area contributed by atoms with Crippen LogP contribution in [0, 0.1) is 5.82 Å². The van der Waals surface area contributed by atoms with Gasteiger partial charge in [0.2, 0.25) is 5.82 Å². The van der Waals surface area contributed by atoms with Gasteiger partial charge in [0.05, 0.1) is 13.2 Å². The second-order valence-corrected chi connectivity index (χ2v) is 6.90. The molecule has 0 radical (unpaired) electrons. The second-order valence-electron chi connectivity index (χ2n) is 6.90. The van der Waals surface area contributed by atoms with Crippen molar-refractivity contribution in [3.63, 3.8) is 0 Å². The second kappa shape index (κ2) is 8.47. The minimum atomic E-state index is -0.434. The van der Waals surface area contributed by atoms with Gasteiger partial charge in [-0.15, -0.1) is 5.10 Å². The van der Waals surface area contributed by atoms with Crippen LogP contribution in [0.2, 0.25) is 0 Å². The van der Waals surface area contributed by atoms with Crippen LogP contribution in [-0.4, -0.2) is 47.0 Å². The number of hydrogen-bond acceptors (Lipinski definition) is 8. The van der Waals surface area contributed by atoms with Gasteiger partial charge in [0.15, 0.2) is 5.69 Å². The Morgan fingerprint density at radius 3 is 2.84 bits per heavy atom. The number of rotatable bonds is 7. The van der Waals surface area contributed by atoms with Gasteiger partial charge < -0.3 is 9.26 Å². The van der Waals surface area contributed by atoms with Crippen molar-refractivity contribution in [1.29, 1.82) is 0 Å². The number of aromatic nitrogens is 8. The fraction of sp³-hybridized carbons (Fsp3) is 0.143. The van der Waals surface area contributed by atoms with Gasteiger partial charge >= 0.3 is 0 Å². The van der Waals surface area contributed by atoms with Crippen LogP contribution in [0.3, 0.4) is 0 Å². The van der Waals surface area contributed by atoms with Crippen LogP contribution in [0.5, 0.6) is 0 Å². The third-order valence-electron chi connectivity index (χ3n) is 4.75. The van der Waals surface area contributed by atoms with Crippen molar-refractivity contribution in [2.45, 2.75) is 13.2 Å². The number of halogens is 1. The van der Waals surface area contributed by atoms with Crippen molar-refractivity contribution in [1.82, 2.24) is 39.9 Å². The molecule has 0 aliphatic heterocycles. The Hall–Kier alpha value is -4.25. The summed E-state index contributed by atoms with van der Waals surface area (Å²) in [7, 11) is 1.53. The normalized spacial score (nSPS) is 11.2. The predicted molar refractivity (Wildman–Crippen MR) is 110 cm³/mol. The molecule has 3 heterocycles. The maximum absolute atomic E-state index is 14.3. The Bertz CT molecular complexity index is 1350. The summed E-state index contributed by atoms with van der Waals surface area (Å²) in [6.07, 6.45) is 3.14. The molecule has 0 amide bonds. The summed E-state index contributed by atoms with van der Waals surface area (Å²) in [4.78, 5) is 8.44. The first-order chi connectivity index (χ1) is 15.7. The van der Waals surface area contributed by atoms with Crippen molar-refractivity contribution < 1.29 is 13.7 Å². The fourth-order valence-electron chi connectivity index (χ4n) is 3.30. The number of ether oxygens (including phenoxy) is 1. The summed E-state index contributed by atoms with van der Waals surface area (Å²) < 4.78 is 28.2. The van der Waals surface area contributed by atoms with E-state index >= 15 is 0 Å². The Morgan fingerprint density at radius 1 is 1.12 bits per heavy atom. The standard InChI is InChI=1S/C21H17FN8O2/c1-31-11-18-19(26-28-30(18)17-8-3-2-7-16(17)22)21-25-20(27-32-21)15-6-4-5-14(9-15)10-29-13-23-12-24-29/h2-9,12-13H,10-11H2,1H3. The molecule has 10 nitrogen and oxygen atoms in total. The molecule has 0 saturated heterocycles. The molecule has 0 atom stereocenters. The third-order valence-corrected chi connectivity index (χ3v) is 4.75. The lowest BCUT2D eigenvalue weighted by Gasteiger charge is -2.06. The van der Waals surface area contributed by atoms with E-state index in [1.54, 1.807) is 29.2 Å². The van der Waals surface area contributed by atoms with E-state index in [4.69, 9.17) is 9.26 Å². The number of methoxy groups -OCH3 is 1. The highest BCUT2D eigenvalue weighted by molar-refractivity contribution is 5.60. The molecule has 0 spiro atoms. The lowest BCUT2D eigenvalue weighted by atomic mass is 10.1. The van der Waals surface area contributed by atoms with Gasteiger partial charge in [0.25, 0.3) is 5.89 Å². The van der Waals surface area contributed by atoms with Crippen LogP contribution < -0.4 is 0 Å². The molecule has 0 saturated carbocycles. The van der Waals surface area contributed by atoms with Gasteiger partial charge in [-0.25, -0.2) is 18.7 Å². The molecule has 11 heteroatoms. The Kier molecular flexibility index (Phi) is 5.22. The molecule has 0 aliphatic carbocycles. The Morgan fingerprint density at radius 2 is 2.03 bits per heavy atom. The van der Waals surface area contributed by atoms with E-state index in [0.29, 0.717) is 23.8 Å². The summed E-state index contributed by atoms with van der Waals surface area (Å²) in [5.41, 5.74) is 2.84. The van der Waals surface area contributed by atoms with Crippen LogP contribution in [0.25, 0.3) is 28.7 Å². The smallest absolute Gasteiger partial charge is 0.280 e. The van der Waals surface area contributed by atoms with Crippen LogP contribution in [0.15, 0.2) is 65.7 Å². The molecule has 5 aromatic rings. The molecule has 0 N–H and O–H groups in total. The minimum Gasteiger partial charge on any atom is -0.378 e. The van der Waals surface area contributed by atoms with Crippen molar-refractivity contribution in [2.75, 3.05) is 7.11 Å². The van der Waals surface area contributed by atoms with E-state index in [9.17, 15) is 4.39 Å². The lowest BCUT2D eigenvalue weighted by Crippen LogP contribution is -2.06. The van der Waals surface area contributed by atoms with E-state index in [1.807, 2.05) is 24.3 Å². The average molecular weight is 432 g/mol. The quantitative estimate of drug-likeness (QED) is 0.386. The van der Waals surface area contributed by atoms with E-state index in [0.717, 1.165) is 11.1 Å². The summed E-state index contributed by atoms with van der Waals surface area (Å²) >= 11 is 0. The first kappa shape index (κ1) is 19.7. The molecular formula is C21H17FN8O2. The average Bonchev–Trinajstić information content (AvgIpc) is 3.56. The van der Waals surface area contributed by atoms with E-state index in [2.05, 4.69) is 30.5 Å². The molecule has 0 bridgehead atoms. The number of benzene rings is 2. The molecule has 32 heavy (non-hydrogen) atoms. The number of hydrogen-bond donors (Lipinski definition) is 0. The molecule has 0 aliphatic rings. The van der Waals surface area contributed by atoms with E-state index in [1.165, 1.54) is 24.2 Å². The molecule has 5 rings (SSSR count). The SMILES string of the molecule is COCc1c(-c2nc(-c3cccc(Cn4cncn4)c3)no2)nnn1-c1ccccc1F. The fourth-order valence-corrected chi connectivity index (χ4v) is 3.30. The molecule has 0 fully saturated rings. The third kappa shape index (κ3) is 3.76. The predicted octanol–water partition coefficient (Wildman–Crippen LogP) is 2.91. The maximum Gasteiger partial charge on any atom is 0.280 e. The zero-order valence-corrected chi connectivity index (χ0v) is 17.0. The largest absolute Gasteiger partial charge is 0.378 e. The van der Waals surface area contributed by atoms with Gasteiger partial charge in [-0.2, -0.15) is 10.1 Å². The minimum absolute atomic E-state index is 0.127. The topological polar surface area (TPSA) is 110 Å². The van der Waals surface area contributed by atoms with Gasteiger partial charge in [0.1, 0.15) is 29.9 Å². The van der Waals surface area contributed by atoms with E-state index in [-0.39, 0.29) is 18.2 Å². The maximum atomic E-state index is 14.3. The number of para-hydroxylation sites is 1. The van der Waals surface area contributed by atoms with Crippen molar-refractivity contribution >= 4 is 0 Å². The highest BCUT2D eigenvalue weighted by Gasteiger charge is 2.23. The first-order valence-electron chi connectivity index (χ1n) is 9.67. The van der Waals surface area contributed by atoms with Crippen molar-refractivity contribution in [2.24, 2.45) is 0 Å². The molecule has 2 aromatic carbocycles.